The van der Waals surface area contributed by atoms with Crippen LogP contribution >= 0.6 is 15.9 Å². The Morgan fingerprint density at radius 3 is 2.07 bits per heavy atom. The van der Waals surface area contributed by atoms with Crippen LogP contribution in [-0.2, 0) is 0 Å². The van der Waals surface area contributed by atoms with Crippen molar-refractivity contribution in [2.24, 2.45) is 5.10 Å². The lowest BCUT2D eigenvalue weighted by molar-refractivity contribution is 0.114. The summed E-state index contributed by atoms with van der Waals surface area (Å²) in [7, 11) is 0. The van der Waals surface area contributed by atoms with Gasteiger partial charge in [-0.2, -0.15) is 5.10 Å². The molecule has 1 saturated heterocycles. The molecule has 0 atom stereocenters. The molecule has 146 valence electrons. The van der Waals surface area contributed by atoms with E-state index < -0.39 is 0 Å². The van der Waals surface area contributed by atoms with Crippen LogP contribution in [0.2, 0.25) is 0 Å². The molecule has 1 heterocycles. The Hall–Kier alpha value is -2.43. The Balaban J connectivity index is 1.34. The van der Waals surface area contributed by atoms with Gasteiger partial charge in [-0.05, 0) is 46.9 Å². The topological polar surface area (TPSA) is 18.8 Å². The number of fused-ring (bicyclic) bond motifs is 3. The van der Waals surface area contributed by atoms with Crippen LogP contribution in [0.5, 0.6) is 0 Å². The summed E-state index contributed by atoms with van der Waals surface area (Å²) in [6, 6.07) is 26.4. The molecule has 3 aromatic rings. The molecule has 29 heavy (non-hydrogen) atoms. The fourth-order valence-corrected chi connectivity index (χ4v) is 4.97. The summed E-state index contributed by atoms with van der Waals surface area (Å²) in [6.45, 7) is 6.03. The second-order valence-electron chi connectivity index (χ2n) is 7.76. The number of nitrogens with zero attached hydrogens (tertiary/aromatic N) is 3. The summed E-state index contributed by atoms with van der Waals surface area (Å²) >= 11 is 3.55. The monoisotopic (exact) mass is 445 g/mol. The molecule has 0 unspecified atom stereocenters. The molecule has 0 saturated carbocycles. The third-order valence-electron chi connectivity index (χ3n) is 5.99. The number of piperazine rings is 1. The van der Waals surface area contributed by atoms with Gasteiger partial charge in [0.25, 0.3) is 0 Å². The lowest BCUT2D eigenvalue weighted by Crippen LogP contribution is -2.45. The first kappa shape index (κ1) is 18.6. The minimum Gasteiger partial charge on any atom is -0.294 e. The average molecular weight is 446 g/mol. The molecule has 0 aromatic heterocycles. The first-order chi connectivity index (χ1) is 14.2. The smallest absolute Gasteiger partial charge is 0.0647 e. The van der Waals surface area contributed by atoms with E-state index in [1.54, 1.807) is 0 Å². The SMILES string of the molecule is C/C(=N/N1CCN(C2c3ccccc3-c3ccccc32)CC1)c1cccc(Br)c1. The number of halogens is 1. The van der Waals surface area contributed by atoms with E-state index in [2.05, 4.69) is 99.5 Å². The van der Waals surface area contributed by atoms with Gasteiger partial charge < -0.3 is 0 Å². The van der Waals surface area contributed by atoms with Gasteiger partial charge in [0.2, 0.25) is 0 Å². The van der Waals surface area contributed by atoms with Crippen LogP contribution in [0, 0.1) is 0 Å². The van der Waals surface area contributed by atoms with Crippen molar-refractivity contribution in [2.75, 3.05) is 26.2 Å². The van der Waals surface area contributed by atoms with Gasteiger partial charge in [0.15, 0.2) is 0 Å². The van der Waals surface area contributed by atoms with Crippen molar-refractivity contribution in [3.63, 3.8) is 0 Å². The van der Waals surface area contributed by atoms with Gasteiger partial charge in [0.1, 0.15) is 0 Å². The van der Waals surface area contributed by atoms with Crippen LogP contribution < -0.4 is 0 Å². The van der Waals surface area contributed by atoms with E-state index in [9.17, 15) is 0 Å². The number of hydrogen-bond acceptors (Lipinski definition) is 3. The second-order valence-corrected chi connectivity index (χ2v) is 8.68. The standard InChI is InChI=1S/C25H24BrN3/c1-18(19-7-6-8-20(26)17-19)27-29-15-13-28(14-16-29)25-23-11-4-2-9-21(23)22-10-3-5-12-24(22)25/h2-12,17,25H,13-16H2,1H3/b27-18-. The second kappa shape index (κ2) is 7.77. The minimum absolute atomic E-state index is 0.361. The lowest BCUT2D eigenvalue weighted by Gasteiger charge is -2.37. The number of benzene rings is 3. The highest BCUT2D eigenvalue weighted by molar-refractivity contribution is 9.10. The first-order valence-corrected chi connectivity index (χ1v) is 11.0. The fraction of sp³-hybridized carbons (Fsp3) is 0.240. The number of hydrazone groups is 1. The molecule has 3 aromatic carbocycles. The van der Waals surface area contributed by atoms with Gasteiger partial charge >= 0.3 is 0 Å². The summed E-state index contributed by atoms with van der Waals surface area (Å²) in [5.74, 6) is 0. The van der Waals surface area contributed by atoms with Crippen molar-refractivity contribution in [1.82, 2.24) is 9.91 Å². The molecule has 0 radical (unpaired) electrons. The maximum atomic E-state index is 4.90. The Kier molecular flexibility index (Phi) is 4.98. The first-order valence-electron chi connectivity index (χ1n) is 10.2. The molecular weight excluding hydrogens is 422 g/mol. The highest BCUT2D eigenvalue weighted by Gasteiger charge is 2.33. The number of rotatable bonds is 3. The van der Waals surface area contributed by atoms with Crippen molar-refractivity contribution in [1.29, 1.82) is 0 Å². The normalized spacial score (nSPS) is 17.3. The number of hydrogen-bond donors (Lipinski definition) is 0. The molecule has 1 fully saturated rings. The zero-order valence-electron chi connectivity index (χ0n) is 16.6. The van der Waals surface area contributed by atoms with Gasteiger partial charge in [0, 0.05) is 30.7 Å². The molecule has 2 aliphatic rings. The van der Waals surface area contributed by atoms with E-state index in [0.29, 0.717) is 6.04 Å². The quantitative estimate of drug-likeness (QED) is 0.491. The fourth-order valence-electron chi connectivity index (χ4n) is 4.58. The van der Waals surface area contributed by atoms with Crippen LogP contribution in [0.3, 0.4) is 0 Å². The molecule has 0 bridgehead atoms. The highest BCUT2D eigenvalue weighted by Crippen LogP contribution is 2.46. The summed E-state index contributed by atoms with van der Waals surface area (Å²) in [6.07, 6.45) is 0. The van der Waals surface area contributed by atoms with Crippen LogP contribution in [0.4, 0.5) is 0 Å². The van der Waals surface area contributed by atoms with E-state index in [4.69, 9.17) is 5.10 Å². The van der Waals surface area contributed by atoms with Crippen LogP contribution in [0.25, 0.3) is 11.1 Å². The average Bonchev–Trinajstić information content (AvgIpc) is 3.09. The molecular formula is C25H24BrN3. The Morgan fingerprint density at radius 2 is 1.45 bits per heavy atom. The predicted molar refractivity (Wildman–Crippen MR) is 123 cm³/mol. The molecule has 4 heteroatoms. The summed E-state index contributed by atoms with van der Waals surface area (Å²) in [5, 5.41) is 7.12. The van der Waals surface area contributed by atoms with Gasteiger partial charge in [-0.1, -0.05) is 76.6 Å². The van der Waals surface area contributed by atoms with Gasteiger partial charge in [0.05, 0.1) is 11.8 Å². The van der Waals surface area contributed by atoms with Crippen LogP contribution in [0.1, 0.15) is 29.7 Å². The zero-order valence-corrected chi connectivity index (χ0v) is 18.1. The highest BCUT2D eigenvalue weighted by atomic mass is 79.9. The van der Waals surface area contributed by atoms with Gasteiger partial charge in [-0.15, -0.1) is 0 Å². The van der Waals surface area contributed by atoms with Crippen molar-refractivity contribution < 1.29 is 0 Å². The van der Waals surface area contributed by atoms with Crippen molar-refractivity contribution >= 4 is 21.6 Å². The lowest BCUT2D eigenvalue weighted by atomic mass is 10.0. The zero-order chi connectivity index (χ0) is 19.8. The maximum Gasteiger partial charge on any atom is 0.0647 e. The molecule has 0 amide bonds. The van der Waals surface area contributed by atoms with Crippen LogP contribution in [-0.4, -0.2) is 41.8 Å². The van der Waals surface area contributed by atoms with E-state index in [1.165, 1.54) is 27.8 Å². The summed E-state index contributed by atoms with van der Waals surface area (Å²) in [4.78, 5) is 2.62. The molecule has 3 nitrogen and oxygen atoms in total. The van der Waals surface area contributed by atoms with E-state index in [-0.39, 0.29) is 0 Å². The maximum absolute atomic E-state index is 4.90. The molecule has 0 N–H and O–H groups in total. The molecule has 1 aliphatic heterocycles. The van der Waals surface area contributed by atoms with Gasteiger partial charge in [-0.3, -0.25) is 9.91 Å². The third-order valence-corrected chi connectivity index (χ3v) is 6.48. The van der Waals surface area contributed by atoms with Crippen molar-refractivity contribution in [3.8, 4) is 11.1 Å². The van der Waals surface area contributed by atoms with Crippen LogP contribution in [0.15, 0.2) is 82.4 Å². The van der Waals surface area contributed by atoms with Crippen molar-refractivity contribution in [2.45, 2.75) is 13.0 Å². The van der Waals surface area contributed by atoms with Crippen molar-refractivity contribution in [3.05, 3.63) is 94.0 Å². The minimum atomic E-state index is 0.361. The third kappa shape index (κ3) is 3.52. The largest absolute Gasteiger partial charge is 0.294 e. The van der Waals surface area contributed by atoms with E-state index in [1.807, 2.05) is 6.07 Å². The summed E-state index contributed by atoms with van der Waals surface area (Å²) < 4.78 is 1.09. The molecule has 5 rings (SSSR count). The summed E-state index contributed by atoms with van der Waals surface area (Å²) in [5.41, 5.74) is 7.89. The Morgan fingerprint density at radius 1 is 0.828 bits per heavy atom. The Labute approximate surface area is 180 Å². The predicted octanol–water partition coefficient (Wildman–Crippen LogP) is 5.56. The van der Waals surface area contributed by atoms with Gasteiger partial charge in [-0.25, -0.2) is 0 Å². The molecule has 0 spiro atoms. The van der Waals surface area contributed by atoms with E-state index in [0.717, 1.165) is 36.4 Å². The molecule has 1 aliphatic carbocycles. The van der Waals surface area contributed by atoms with E-state index >= 15 is 0 Å². The Bertz CT molecular complexity index is 1020.